The van der Waals surface area contributed by atoms with E-state index in [1.807, 2.05) is 0 Å². The Kier molecular flexibility index (Phi) is 2.90. The van der Waals surface area contributed by atoms with Crippen molar-refractivity contribution in [2.75, 3.05) is 12.4 Å². The maximum absolute atomic E-state index is 13.0. The average Bonchev–Trinajstić information content (AvgIpc) is 2.44. The van der Waals surface area contributed by atoms with Gasteiger partial charge >= 0.3 is 11.8 Å². The summed E-state index contributed by atoms with van der Waals surface area (Å²) in [5, 5.41) is 3.98. The summed E-state index contributed by atoms with van der Waals surface area (Å²) in [7, 11) is 1.74. The van der Waals surface area contributed by atoms with E-state index < -0.39 is 17.4 Å². The lowest BCUT2D eigenvalue weighted by atomic mass is 10.0. The lowest BCUT2D eigenvalue weighted by Gasteiger charge is -2.11. The molecule has 3 rings (SSSR count). The van der Waals surface area contributed by atoms with Crippen LogP contribution in [-0.2, 0) is 6.18 Å². The molecule has 0 atom stereocenters. The van der Waals surface area contributed by atoms with E-state index in [-0.39, 0.29) is 11.0 Å². The van der Waals surface area contributed by atoms with Crippen LogP contribution in [0, 0.1) is 0 Å². The van der Waals surface area contributed by atoms with Crippen LogP contribution in [0.3, 0.4) is 0 Å². The minimum Gasteiger partial charge on any atom is -0.422 e. The Hall–Kier alpha value is -2.50. The molecule has 0 amide bonds. The Morgan fingerprint density at radius 1 is 1.05 bits per heavy atom. The van der Waals surface area contributed by atoms with Crippen LogP contribution >= 0.6 is 0 Å². The molecule has 2 aromatic carbocycles. The number of alkyl halides is 3. The third-order valence-electron chi connectivity index (χ3n) is 3.32. The van der Waals surface area contributed by atoms with E-state index in [1.54, 1.807) is 31.3 Å². The second-order valence-electron chi connectivity index (χ2n) is 4.61. The smallest absolute Gasteiger partial charge is 0.417 e. The molecule has 0 saturated heterocycles. The van der Waals surface area contributed by atoms with Crippen molar-refractivity contribution in [2.45, 2.75) is 6.18 Å². The third kappa shape index (κ3) is 2.22. The lowest BCUT2D eigenvalue weighted by molar-refractivity contribution is -0.136. The number of hydrogen-bond donors (Lipinski definition) is 1. The van der Waals surface area contributed by atoms with Gasteiger partial charge in [-0.05, 0) is 29.7 Å². The molecule has 0 fully saturated rings. The van der Waals surface area contributed by atoms with Gasteiger partial charge in [0.25, 0.3) is 0 Å². The van der Waals surface area contributed by atoms with E-state index in [4.69, 9.17) is 4.42 Å². The van der Waals surface area contributed by atoms with Crippen molar-refractivity contribution >= 4 is 27.4 Å². The number of anilines is 1. The zero-order chi connectivity index (χ0) is 15.2. The summed E-state index contributed by atoms with van der Waals surface area (Å²) in [6.45, 7) is 0. The zero-order valence-corrected chi connectivity index (χ0v) is 10.9. The number of hydrogen-bond acceptors (Lipinski definition) is 3. The summed E-state index contributed by atoms with van der Waals surface area (Å²) < 4.78 is 44.1. The molecule has 0 aliphatic carbocycles. The second kappa shape index (κ2) is 4.51. The van der Waals surface area contributed by atoms with Crippen molar-refractivity contribution in [2.24, 2.45) is 0 Å². The number of rotatable bonds is 1. The second-order valence-corrected chi connectivity index (χ2v) is 4.61. The molecule has 0 bridgehead atoms. The quantitative estimate of drug-likeness (QED) is 0.544. The third-order valence-corrected chi connectivity index (χ3v) is 3.32. The molecule has 3 nitrogen and oxygen atoms in total. The minimum atomic E-state index is -4.60. The largest absolute Gasteiger partial charge is 0.422 e. The van der Waals surface area contributed by atoms with Crippen molar-refractivity contribution in [3.63, 3.8) is 0 Å². The molecule has 0 spiro atoms. The normalized spacial score (nSPS) is 12.0. The van der Waals surface area contributed by atoms with E-state index in [0.29, 0.717) is 16.8 Å². The Morgan fingerprint density at radius 2 is 1.76 bits per heavy atom. The molecule has 0 aliphatic rings. The van der Waals surface area contributed by atoms with Gasteiger partial charge in [0.1, 0.15) is 5.58 Å². The maximum Gasteiger partial charge on any atom is 0.417 e. The monoisotopic (exact) mass is 293 g/mol. The number of halogens is 3. The van der Waals surface area contributed by atoms with Crippen molar-refractivity contribution in [3.8, 4) is 0 Å². The van der Waals surface area contributed by atoms with Crippen molar-refractivity contribution in [1.29, 1.82) is 0 Å². The maximum atomic E-state index is 13.0. The van der Waals surface area contributed by atoms with Gasteiger partial charge in [-0.15, -0.1) is 0 Å². The Bertz CT molecular complexity index is 897. The fraction of sp³-hybridized carbons (Fsp3) is 0.133. The highest BCUT2D eigenvalue weighted by atomic mass is 19.4. The summed E-state index contributed by atoms with van der Waals surface area (Å²) in [5.74, 6) is 0. The van der Waals surface area contributed by atoms with Crippen LogP contribution in [0.25, 0.3) is 21.7 Å². The van der Waals surface area contributed by atoms with Gasteiger partial charge in [-0.1, -0.05) is 6.07 Å². The first-order valence-electron chi connectivity index (χ1n) is 6.16. The molecule has 1 aromatic heterocycles. The summed E-state index contributed by atoms with van der Waals surface area (Å²) in [4.78, 5) is 11.4. The first-order chi connectivity index (χ1) is 9.90. The van der Waals surface area contributed by atoms with Crippen molar-refractivity contribution < 1.29 is 17.6 Å². The zero-order valence-electron chi connectivity index (χ0n) is 10.9. The van der Waals surface area contributed by atoms with Gasteiger partial charge in [-0.25, -0.2) is 4.79 Å². The standard InChI is InChI=1S/C15H10F3NO2/c1-19-9-3-5-10-8(6-9)2-4-11-12(15(16,17)18)7-13(20)21-14(10)11/h2-7,19H,1H3. The van der Waals surface area contributed by atoms with Crippen LogP contribution in [0.2, 0.25) is 0 Å². The molecular weight excluding hydrogens is 283 g/mol. The predicted molar refractivity (Wildman–Crippen MR) is 74.5 cm³/mol. The highest BCUT2D eigenvalue weighted by Gasteiger charge is 2.34. The van der Waals surface area contributed by atoms with Crippen LogP contribution in [0.5, 0.6) is 0 Å². The highest BCUT2D eigenvalue weighted by Crippen LogP contribution is 2.36. The number of nitrogens with one attached hydrogen (secondary N) is 1. The van der Waals surface area contributed by atoms with E-state index in [1.165, 1.54) is 6.07 Å². The van der Waals surface area contributed by atoms with E-state index in [9.17, 15) is 18.0 Å². The summed E-state index contributed by atoms with van der Waals surface area (Å²) in [5.41, 5.74) is -1.22. The summed E-state index contributed by atoms with van der Waals surface area (Å²) in [6.07, 6.45) is -4.60. The van der Waals surface area contributed by atoms with Gasteiger partial charge in [-0.3, -0.25) is 0 Å². The molecule has 3 aromatic rings. The number of fused-ring (bicyclic) bond motifs is 3. The molecule has 1 heterocycles. The van der Waals surface area contributed by atoms with Crippen LogP contribution in [0.15, 0.2) is 45.6 Å². The van der Waals surface area contributed by atoms with Crippen molar-refractivity contribution in [3.05, 3.63) is 52.4 Å². The van der Waals surface area contributed by atoms with Crippen LogP contribution in [0.1, 0.15) is 5.56 Å². The molecule has 0 aliphatic heterocycles. The van der Waals surface area contributed by atoms with Gasteiger partial charge in [0, 0.05) is 29.6 Å². The minimum absolute atomic E-state index is 0.0463. The van der Waals surface area contributed by atoms with E-state index >= 15 is 0 Å². The molecule has 0 unspecified atom stereocenters. The molecular formula is C15H10F3NO2. The summed E-state index contributed by atoms with van der Waals surface area (Å²) in [6, 6.07) is 8.50. The predicted octanol–water partition coefficient (Wildman–Crippen LogP) is 4.01. The fourth-order valence-electron chi connectivity index (χ4n) is 2.34. The van der Waals surface area contributed by atoms with Crippen LogP contribution in [0.4, 0.5) is 18.9 Å². The Labute approximate surface area is 117 Å². The van der Waals surface area contributed by atoms with Gasteiger partial charge in [0.15, 0.2) is 0 Å². The molecule has 21 heavy (non-hydrogen) atoms. The Balaban J connectivity index is 2.46. The van der Waals surface area contributed by atoms with Crippen LogP contribution < -0.4 is 10.9 Å². The van der Waals surface area contributed by atoms with Gasteiger partial charge in [0.05, 0.1) is 5.56 Å². The lowest BCUT2D eigenvalue weighted by Crippen LogP contribution is -2.11. The summed E-state index contributed by atoms with van der Waals surface area (Å²) >= 11 is 0. The van der Waals surface area contributed by atoms with Gasteiger partial charge in [0.2, 0.25) is 0 Å². The van der Waals surface area contributed by atoms with Gasteiger partial charge in [-0.2, -0.15) is 13.2 Å². The fourth-order valence-corrected chi connectivity index (χ4v) is 2.34. The molecule has 1 N–H and O–H groups in total. The van der Waals surface area contributed by atoms with Gasteiger partial charge < -0.3 is 9.73 Å². The van der Waals surface area contributed by atoms with Crippen molar-refractivity contribution in [1.82, 2.24) is 0 Å². The topological polar surface area (TPSA) is 42.2 Å². The first-order valence-corrected chi connectivity index (χ1v) is 6.16. The van der Waals surface area contributed by atoms with E-state index in [0.717, 1.165) is 5.69 Å². The molecule has 0 saturated carbocycles. The number of benzene rings is 2. The molecule has 108 valence electrons. The SMILES string of the molecule is CNc1ccc2c(ccc3c(C(F)(F)F)cc(=O)oc32)c1. The van der Waals surface area contributed by atoms with E-state index in [2.05, 4.69) is 5.32 Å². The Morgan fingerprint density at radius 3 is 2.43 bits per heavy atom. The average molecular weight is 293 g/mol. The molecule has 6 heteroatoms. The highest BCUT2D eigenvalue weighted by molar-refractivity contribution is 6.05. The van der Waals surface area contributed by atoms with Crippen LogP contribution in [-0.4, -0.2) is 7.05 Å². The molecule has 0 radical (unpaired) electrons. The first kappa shape index (κ1) is 13.5.